The second kappa shape index (κ2) is 7.68. The number of nitrogens with two attached hydrogens (primary N) is 1. The average Bonchev–Trinajstić information content (AvgIpc) is 2.36. The molecule has 0 aliphatic heterocycles. The zero-order valence-corrected chi connectivity index (χ0v) is 10.8. The molecule has 18 heavy (non-hydrogen) atoms. The number of aryl methyl sites for hydroxylation is 1. The molecule has 1 aromatic rings. The maximum Gasteiger partial charge on any atom is 0.338 e. The Kier molecular flexibility index (Phi) is 6.18. The van der Waals surface area contributed by atoms with Crippen LogP contribution in [0.3, 0.4) is 0 Å². The number of rotatable bonds is 7. The summed E-state index contributed by atoms with van der Waals surface area (Å²) in [5.74, 6) is -0.379. The van der Waals surface area contributed by atoms with Gasteiger partial charge < -0.3 is 19.9 Å². The van der Waals surface area contributed by atoms with Crippen LogP contribution in [0.5, 0.6) is 0 Å². The van der Waals surface area contributed by atoms with Gasteiger partial charge in [-0.05, 0) is 24.6 Å². The van der Waals surface area contributed by atoms with Gasteiger partial charge in [0.1, 0.15) is 6.61 Å². The van der Waals surface area contributed by atoms with Gasteiger partial charge in [-0.1, -0.05) is 6.07 Å². The SMILES string of the molecule is COCCOCCOC(=O)c1cc(N)ccc1C. The fourth-order valence-electron chi connectivity index (χ4n) is 1.37. The third-order valence-electron chi connectivity index (χ3n) is 2.37. The molecule has 0 aliphatic rings. The van der Waals surface area contributed by atoms with Crippen molar-refractivity contribution < 1.29 is 19.0 Å². The smallest absolute Gasteiger partial charge is 0.338 e. The van der Waals surface area contributed by atoms with Crippen LogP contribution >= 0.6 is 0 Å². The van der Waals surface area contributed by atoms with Crippen molar-refractivity contribution in [3.8, 4) is 0 Å². The molecule has 1 rings (SSSR count). The molecule has 0 radical (unpaired) electrons. The van der Waals surface area contributed by atoms with Crippen molar-refractivity contribution in [3.05, 3.63) is 29.3 Å². The normalized spacial score (nSPS) is 10.3. The summed E-state index contributed by atoms with van der Waals surface area (Å²) in [5, 5.41) is 0. The molecule has 100 valence electrons. The van der Waals surface area contributed by atoms with Gasteiger partial charge in [0.2, 0.25) is 0 Å². The van der Waals surface area contributed by atoms with Crippen molar-refractivity contribution in [1.82, 2.24) is 0 Å². The molecule has 0 atom stereocenters. The standard InChI is InChI=1S/C13H19NO4/c1-10-3-4-11(14)9-12(10)13(15)18-8-7-17-6-5-16-2/h3-4,9H,5-8,14H2,1-2H3. The maximum absolute atomic E-state index is 11.7. The van der Waals surface area contributed by atoms with Crippen molar-refractivity contribution in [2.24, 2.45) is 0 Å². The molecule has 0 unspecified atom stereocenters. The minimum atomic E-state index is -0.379. The Hall–Kier alpha value is -1.59. The lowest BCUT2D eigenvalue weighted by Gasteiger charge is -2.08. The van der Waals surface area contributed by atoms with E-state index in [4.69, 9.17) is 19.9 Å². The molecule has 0 spiro atoms. The highest BCUT2D eigenvalue weighted by Crippen LogP contribution is 2.13. The van der Waals surface area contributed by atoms with Crippen LogP contribution in [-0.2, 0) is 14.2 Å². The van der Waals surface area contributed by atoms with E-state index < -0.39 is 0 Å². The van der Waals surface area contributed by atoms with Crippen molar-refractivity contribution in [3.63, 3.8) is 0 Å². The van der Waals surface area contributed by atoms with Gasteiger partial charge in [0.15, 0.2) is 0 Å². The van der Waals surface area contributed by atoms with Crippen LogP contribution in [0.1, 0.15) is 15.9 Å². The fraction of sp³-hybridized carbons (Fsp3) is 0.462. The summed E-state index contributed by atoms with van der Waals surface area (Å²) in [5.41, 5.74) is 7.51. The molecule has 0 heterocycles. The second-order valence-electron chi connectivity index (χ2n) is 3.82. The maximum atomic E-state index is 11.7. The van der Waals surface area contributed by atoms with E-state index in [0.717, 1.165) is 5.56 Å². The monoisotopic (exact) mass is 253 g/mol. The first kappa shape index (κ1) is 14.5. The number of anilines is 1. The Labute approximate surface area is 107 Å². The number of carbonyl (C=O) groups excluding carboxylic acids is 1. The molecule has 0 amide bonds. The molecule has 5 heteroatoms. The van der Waals surface area contributed by atoms with Crippen LogP contribution < -0.4 is 5.73 Å². The minimum absolute atomic E-state index is 0.219. The van der Waals surface area contributed by atoms with Crippen molar-refractivity contribution >= 4 is 11.7 Å². The van der Waals surface area contributed by atoms with Gasteiger partial charge in [0.25, 0.3) is 0 Å². The molecule has 0 aromatic heterocycles. The number of carbonyl (C=O) groups is 1. The van der Waals surface area contributed by atoms with E-state index in [1.54, 1.807) is 25.3 Å². The molecule has 0 saturated carbocycles. The lowest BCUT2D eigenvalue weighted by atomic mass is 10.1. The van der Waals surface area contributed by atoms with Gasteiger partial charge in [-0.2, -0.15) is 0 Å². The number of hydrogen-bond acceptors (Lipinski definition) is 5. The third-order valence-corrected chi connectivity index (χ3v) is 2.37. The van der Waals surface area contributed by atoms with E-state index in [1.165, 1.54) is 0 Å². The van der Waals surface area contributed by atoms with Gasteiger partial charge in [0.05, 0.1) is 25.4 Å². The summed E-state index contributed by atoms with van der Waals surface area (Å²) in [7, 11) is 1.60. The number of ether oxygens (including phenoxy) is 3. The lowest BCUT2D eigenvalue weighted by Crippen LogP contribution is -2.13. The van der Waals surface area contributed by atoms with Crippen molar-refractivity contribution in [1.29, 1.82) is 0 Å². The molecular weight excluding hydrogens is 234 g/mol. The number of benzene rings is 1. The third kappa shape index (κ3) is 4.73. The molecule has 0 aliphatic carbocycles. The van der Waals surface area contributed by atoms with E-state index in [9.17, 15) is 4.79 Å². The Morgan fingerprint density at radius 2 is 1.94 bits per heavy atom. The number of hydrogen-bond donors (Lipinski definition) is 1. The van der Waals surface area contributed by atoms with Crippen LogP contribution in [0.2, 0.25) is 0 Å². The molecule has 0 fully saturated rings. The molecular formula is C13H19NO4. The summed E-state index contributed by atoms with van der Waals surface area (Å²) < 4.78 is 15.1. The van der Waals surface area contributed by atoms with Crippen LogP contribution in [-0.4, -0.2) is 39.5 Å². The largest absolute Gasteiger partial charge is 0.460 e. The van der Waals surface area contributed by atoms with Gasteiger partial charge in [-0.15, -0.1) is 0 Å². The van der Waals surface area contributed by atoms with Gasteiger partial charge in [-0.3, -0.25) is 0 Å². The van der Waals surface area contributed by atoms with Crippen LogP contribution in [0.15, 0.2) is 18.2 Å². The zero-order valence-electron chi connectivity index (χ0n) is 10.8. The molecule has 0 bridgehead atoms. The predicted molar refractivity (Wildman–Crippen MR) is 68.6 cm³/mol. The molecule has 5 nitrogen and oxygen atoms in total. The summed E-state index contributed by atoms with van der Waals surface area (Å²) in [6.07, 6.45) is 0. The summed E-state index contributed by atoms with van der Waals surface area (Å²) in [4.78, 5) is 11.7. The van der Waals surface area contributed by atoms with Crippen molar-refractivity contribution in [2.45, 2.75) is 6.92 Å². The number of esters is 1. The molecule has 2 N–H and O–H groups in total. The van der Waals surface area contributed by atoms with Gasteiger partial charge in [-0.25, -0.2) is 4.79 Å². The van der Waals surface area contributed by atoms with Crippen LogP contribution in [0, 0.1) is 6.92 Å². The first-order valence-electron chi connectivity index (χ1n) is 5.75. The average molecular weight is 253 g/mol. The topological polar surface area (TPSA) is 70.8 Å². The Balaban J connectivity index is 2.34. The highest BCUT2D eigenvalue weighted by atomic mass is 16.6. The Bertz CT molecular complexity index is 393. The summed E-state index contributed by atoms with van der Waals surface area (Å²) in [6.45, 7) is 3.44. The Morgan fingerprint density at radius 1 is 1.22 bits per heavy atom. The van der Waals surface area contributed by atoms with Gasteiger partial charge in [0, 0.05) is 12.8 Å². The van der Waals surface area contributed by atoms with Crippen LogP contribution in [0.4, 0.5) is 5.69 Å². The van der Waals surface area contributed by atoms with E-state index in [2.05, 4.69) is 0 Å². The van der Waals surface area contributed by atoms with Gasteiger partial charge >= 0.3 is 5.97 Å². The first-order chi connectivity index (χ1) is 8.65. The Morgan fingerprint density at radius 3 is 2.67 bits per heavy atom. The molecule has 1 aromatic carbocycles. The highest BCUT2D eigenvalue weighted by molar-refractivity contribution is 5.92. The lowest BCUT2D eigenvalue weighted by molar-refractivity contribution is 0.0213. The van der Waals surface area contributed by atoms with E-state index >= 15 is 0 Å². The van der Waals surface area contributed by atoms with E-state index in [-0.39, 0.29) is 12.6 Å². The number of nitrogen functional groups attached to an aromatic ring is 1. The summed E-state index contributed by atoms with van der Waals surface area (Å²) >= 11 is 0. The number of methoxy groups -OCH3 is 1. The van der Waals surface area contributed by atoms with Crippen molar-refractivity contribution in [2.75, 3.05) is 39.3 Å². The quantitative estimate of drug-likeness (QED) is 0.452. The zero-order chi connectivity index (χ0) is 13.4. The second-order valence-corrected chi connectivity index (χ2v) is 3.82. The highest BCUT2D eigenvalue weighted by Gasteiger charge is 2.10. The molecule has 0 saturated heterocycles. The first-order valence-corrected chi connectivity index (χ1v) is 5.75. The minimum Gasteiger partial charge on any atom is -0.460 e. The van der Waals surface area contributed by atoms with Crippen LogP contribution in [0.25, 0.3) is 0 Å². The fourth-order valence-corrected chi connectivity index (χ4v) is 1.37. The van der Waals surface area contributed by atoms with E-state index in [0.29, 0.717) is 31.1 Å². The van der Waals surface area contributed by atoms with E-state index in [1.807, 2.05) is 6.92 Å². The predicted octanol–water partition coefficient (Wildman–Crippen LogP) is 1.40. The summed E-state index contributed by atoms with van der Waals surface area (Å²) in [6, 6.07) is 5.16.